The summed E-state index contributed by atoms with van der Waals surface area (Å²) in [5.74, 6) is 0.785. The van der Waals surface area contributed by atoms with Crippen molar-refractivity contribution in [2.45, 2.75) is 38.6 Å². The third-order valence-corrected chi connectivity index (χ3v) is 6.46. The number of hydrogen-bond acceptors (Lipinski definition) is 6. The number of likely N-dealkylation sites (tertiary alicyclic amines) is 1. The second-order valence-corrected chi connectivity index (χ2v) is 9.22. The number of aromatic nitrogens is 6. The van der Waals surface area contributed by atoms with Crippen molar-refractivity contribution in [2.75, 3.05) is 11.9 Å². The summed E-state index contributed by atoms with van der Waals surface area (Å²) in [6, 6.07) is 6.72. The van der Waals surface area contributed by atoms with Gasteiger partial charge in [-0.15, -0.1) is 0 Å². The number of amides is 1. The van der Waals surface area contributed by atoms with Gasteiger partial charge in [-0.3, -0.25) is 14.8 Å². The van der Waals surface area contributed by atoms with E-state index in [1.54, 1.807) is 37.9 Å². The van der Waals surface area contributed by atoms with Crippen LogP contribution in [0.5, 0.6) is 0 Å². The lowest BCUT2D eigenvalue weighted by Crippen LogP contribution is -2.44. The van der Waals surface area contributed by atoms with Crippen molar-refractivity contribution in [3.8, 4) is 22.6 Å². The molecule has 0 unspecified atom stereocenters. The van der Waals surface area contributed by atoms with Crippen molar-refractivity contribution in [1.29, 1.82) is 0 Å². The molecular formula is C26H28FN8O+. The van der Waals surface area contributed by atoms with E-state index >= 15 is 0 Å². The van der Waals surface area contributed by atoms with Gasteiger partial charge in [-0.25, -0.2) is 23.9 Å². The van der Waals surface area contributed by atoms with Gasteiger partial charge in [0, 0.05) is 55.1 Å². The highest BCUT2D eigenvalue weighted by Gasteiger charge is 2.30. The Morgan fingerprint density at radius 1 is 1.17 bits per heavy atom. The zero-order chi connectivity index (χ0) is 25.2. The SMILES string of the molecule is CC(=O)N1C[C@H](c2nc(Nc3cc(F)cc(-c4c[n+](C)c[nH]4)c3)cc(-c3cnccn3)n2)CC[C@@H]1C. The van der Waals surface area contributed by atoms with Crippen LogP contribution < -0.4 is 9.88 Å². The number of imidazole rings is 1. The summed E-state index contributed by atoms with van der Waals surface area (Å²) in [5.41, 5.74) is 3.27. The topological polar surface area (TPSA) is 104 Å². The van der Waals surface area contributed by atoms with Crippen LogP contribution in [0.3, 0.4) is 0 Å². The summed E-state index contributed by atoms with van der Waals surface area (Å²) in [6.07, 6.45) is 10.3. The first-order valence-electron chi connectivity index (χ1n) is 11.9. The Hall–Kier alpha value is -4.21. The lowest BCUT2D eigenvalue weighted by Gasteiger charge is -2.37. The molecule has 184 valence electrons. The molecular weight excluding hydrogens is 459 g/mol. The Morgan fingerprint density at radius 3 is 2.75 bits per heavy atom. The Morgan fingerprint density at radius 2 is 2.03 bits per heavy atom. The van der Waals surface area contributed by atoms with Gasteiger partial charge in [0.1, 0.15) is 29.4 Å². The predicted octanol–water partition coefficient (Wildman–Crippen LogP) is 3.75. The zero-order valence-corrected chi connectivity index (χ0v) is 20.4. The van der Waals surface area contributed by atoms with Gasteiger partial charge >= 0.3 is 0 Å². The van der Waals surface area contributed by atoms with E-state index in [2.05, 4.69) is 27.2 Å². The number of halogens is 1. The number of benzene rings is 1. The number of H-pyrrole nitrogens is 1. The van der Waals surface area contributed by atoms with E-state index in [0.29, 0.717) is 40.8 Å². The summed E-state index contributed by atoms with van der Waals surface area (Å²) >= 11 is 0. The van der Waals surface area contributed by atoms with Gasteiger partial charge in [-0.2, -0.15) is 0 Å². The molecule has 3 aromatic heterocycles. The van der Waals surface area contributed by atoms with Crippen molar-refractivity contribution in [3.63, 3.8) is 0 Å². The third-order valence-electron chi connectivity index (χ3n) is 6.46. The van der Waals surface area contributed by atoms with Crippen LogP contribution in [0, 0.1) is 5.82 Å². The van der Waals surface area contributed by atoms with Crippen molar-refractivity contribution in [1.82, 2.24) is 29.8 Å². The van der Waals surface area contributed by atoms with E-state index in [-0.39, 0.29) is 23.7 Å². The average Bonchev–Trinajstić information content (AvgIpc) is 3.30. The second-order valence-electron chi connectivity index (χ2n) is 9.22. The van der Waals surface area contributed by atoms with Gasteiger partial charge in [0.2, 0.25) is 12.2 Å². The first kappa shape index (κ1) is 23.5. The minimum absolute atomic E-state index is 0.0238. The molecule has 1 aliphatic heterocycles. The number of carbonyl (C=O) groups is 1. The first-order valence-corrected chi connectivity index (χ1v) is 11.9. The van der Waals surface area contributed by atoms with Gasteiger partial charge < -0.3 is 10.2 Å². The minimum Gasteiger partial charge on any atom is -0.340 e. The molecule has 1 saturated heterocycles. The van der Waals surface area contributed by atoms with E-state index in [9.17, 15) is 9.18 Å². The highest BCUT2D eigenvalue weighted by Crippen LogP contribution is 2.31. The molecule has 2 atom stereocenters. The fraction of sp³-hybridized carbons (Fsp3) is 0.308. The highest BCUT2D eigenvalue weighted by molar-refractivity contribution is 5.74. The smallest absolute Gasteiger partial charge is 0.241 e. The molecule has 1 aromatic carbocycles. The summed E-state index contributed by atoms with van der Waals surface area (Å²) in [4.78, 5) is 35.3. The molecule has 1 amide bonds. The largest absolute Gasteiger partial charge is 0.340 e. The molecule has 0 bridgehead atoms. The van der Waals surface area contributed by atoms with E-state index in [1.807, 2.05) is 28.8 Å². The van der Waals surface area contributed by atoms with Gasteiger partial charge in [-0.1, -0.05) is 0 Å². The number of nitrogens with zero attached hydrogens (tertiary/aromatic N) is 6. The van der Waals surface area contributed by atoms with Crippen LogP contribution in [0.15, 0.2) is 55.4 Å². The summed E-state index contributed by atoms with van der Waals surface area (Å²) in [6.45, 7) is 4.20. The lowest BCUT2D eigenvalue weighted by atomic mass is 9.92. The quantitative estimate of drug-likeness (QED) is 0.416. The maximum atomic E-state index is 14.5. The Labute approximate surface area is 208 Å². The van der Waals surface area contributed by atoms with Crippen molar-refractivity contribution >= 4 is 17.4 Å². The van der Waals surface area contributed by atoms with E-state index < -0.39 is 0 Å². The zero-order valence-electron chi connectivity index (χ0n) is 20.4. The first-order chi connectivity index (χ1) is 17.4. The van der Waals surface area contributed by atoms with E-state index in [1.165, 1.54) is 12.1 Å². The number of nitrogens with one attached hydrogen (secondary N) is 2. The molecule has 2 N–H and O–H groups in total. The number of piperidine rings is 1. The van der Waals surface area contributed by atoms with Crippen LogP contribution in [0.4, 0.5) is 15.9 Å². The molecule has 9 nitrogen and oxygen atoms in total. The summed E-state index contributed by atoms with van der Waals surface area (Å²) in [7, 11) is 1.90. The van der Waals surface area contributed by atoms with E-state index in [4.69, 9.17) is 9.97 Å². The minimum atomic E-state index is -0.367. The van der Waals surface area contributed by atoms with Crippen LogP contribution in [0.1, 0.15) is 38.4 Å². The van der Waals surface area contributed by atoms with Crippen LogP contribution in [-0.2, 0) is 11.8 Å². The molecule has 0 spiro atoms. The lowest BCUT2D eigenvalue weighted by molar-refractivity contribution is -0.669. The number of hydrogen-bond donors (Lipinski definition) is 2. The Bertz CT molecular complexity index is 1390. The van der Waals surface area contributed by atoms with Crippen LogP contribution >= 0.6 is 0 Å². The molecule has 1 fully saturated rings. The average molecular weight is 488 g/mol. The van der Waals surface area contributed by atoms with Gasteiger partial charge in [0.15, 0.2) is 5.69 Å². The maximum absolute atomic E-state index is 14.5. The number of rotatable bonds is 5. The number of aromatic amines is 1. The Balaban J connectivity index is 1.52. The third kappa shape index (κ3) is 5.07. The van der Waals surface area contributed by atoms with Crippen molar-refractivity contribution < 1.29 is 13.8 Å². The molecule has 0 saturated carbocycles. The second kappa shape index (κ2) is 9.80. The summed E-state index contributed by atoms with van der Waals surface area (Å²) < 4.78 is 16.4. The van der Waals surface area contributed by atoms with Gasteiger partial charge in [0.25, 0.3) is 0 Å². The van der Waals surface area contributed by atoms with Crippen LogP contribution in [0.2, 0.25) is 0 Å². The number of anilines is 2. The maximum Gasteiger partial charge on any atom is 0.241 e. The number of carbonyl (C=O) groups excluding carboxylic acids is 1. The summed E-state index contributed by atoms with van der Waals surface area (Å²) in [5, 5.41) is 3.25. The van der Waals surface area contributed by atoms with Crippen LogP contribution in [-0.4, -0.2) is 48.3 Å². The standard InChI is InChI=1S/C26H27FN8O/c1-16-4-5-18(13-35(16)17(2)36)26-32-22(23-12-28-6-7-29-23)11-25(33-26)31-21-9-19(8-20(27)10-21)24-14-34(3)15-30-24/h6-12,14-16,18H,4-5,13H2,1-3H3,(H,31,32,33)/p+1/t16-,18+/m0/s1. The molecule has 1 aliphatic rings. The van der Waals surface area contributed by atoms with Crippen molar-refractivity contribution in [2.24, 2.45) is 7.05 Å². The van der Waals surface area contributed by atoms with Crippen molar-refractivity contribution in [3.05, 3.63) is 67.0 Å². The normalized spacial score (nSPS) is 17.7. The monoisotopic (exact) mass is 487 g/mol. The highest BCUT2D eigenvalue weighted by atomic mass is 19.1. The van der Waals surface area contributed by atoms with Crippen LogP contribution in [0.25, 0.3) is 22.6 Å². The van der Waals surface area contributed by atoms with Gasteiger partial charge in [-0.05, 0) is 38.0 Å². The predicted molar refractivity (Wildman–Crippen MR) is 133 cm³/mol. The van der Waals surface area contributed by atoms with Gasteiger partial charge in [0.05, 0.1) is 18.9 Å². The fourth-order valence-corrected chi connectivity index (χ4v) is 4.60. The molecule has 4 aromatic rings. The Kier molecular flexibility index (Phi) is 6.41. The van der Waals surface area contributed by atoms with E-state index in [0.717, 1.165) is 18.5 Å². The molecule has 0 radical (unpaired) electrons. The molecule has 4 heterocycles. The molecule has 0 aliphatic carbocycles. The fourth-order valence-electron chi connectivity index (χ4n) is 4.60. The molecule has 10 heteroatoms. The molecule has 5 rings (SSSR count). The number of aryl methyl sites for hydroxylation is 1. The molecule has 36 heavy (non-hydrogen) atoms.